The molecule has 0 amide bonds. The third-order valence-corrected chi connectivity index (χ3v) is 0. The molecule has 0 nitrogen and oxygen atoms in total. The van der Waals surface area contributed by atoms with Gasteiger partial charge in [-0.25, -0.2) is 0 Å². The summed E-state index contributed by atoms with van der Waals surface area (Å²) in [6.45, 7) is 0. The van der Waals surface area contributed by atoms with Crippen LogP contribution in [0.2, 0.25) is 0 Å². The van der Waals surface area contributed by atoms with Crippen molar-refractivity contribution in [2.45, 2.75) is 0 Å². The summed E-state index contributed by atoms with van der Waals surface area (Å²) in [7, 11) is 0. The van der Waals surface area contributed by atoms with E-state index in [2.05, 4.69) is 0 Å². The molecular formula is Rf44. The van der Waals surface area contributed by atoms with Gasteiger partial charge in [0.15, 0.2) is 0 Å². The van der Waals surface area contributed by atoms with Gasteiger partial charge in [-0.2, -0.15) is 0 Å². The minimum Gasteiger partial charge on any atom is 0 e. The molecule has 0 fully saturated rings. The van der Waals surface area contributed by atoms with Gasteiger partial charge in [0.2, 0.25) is 0 Å². The molecule has 0 aromatic rings. The molecule has 0 atom stereocenters. The minimum absolute atomic E-state index is 0. The van der Waals surface area contributed by atoms with Crippen molar-refractivity contribution in [3.63, 3.8) is 0 Å². The van der Waals surface area contributed by atoms with Crippen molar-refractivity contribution in [3.8, 4) is 0 Å². The summed E-state index contributed by atoms with van der Waals surface area (Å²) in [5.74, 6) is 0. The minimum atomic E-state index is 0. The van der Waals surface area contributed by atoms with Gasteiger partial charge >= 0.3 is 0 Å². The normalized spacial score (nSPS) is 0. The summed E-state index contributed by atoms with van der Waals surface area (Å²) in [5.41, 5.74) is 0. The van der Waals surface area contributed by atoms with Crippen molar-refractivity contribution >= 4 is 0 Å². The van der Waals surface area contributed by atoms with Gasteiger partial charge in [0.1, 0.15) is 0 Å². The van der Waals surface area contributed by atoms with Crippen LogP contribution in [0.25, 0.3) is 0 Å². The Labute approximate surface area is 0 Å². The molecule has 44 heteroatoms. The zero-order chi connectivity index (χ0) is 0. The summed E-state index contributed by atoms with van der Waals surface area (Å²) in [6, 6.07) is 0. The third kappa shape index (κ3) is -0.00930. The Morgan fingerprint density at radius 2 is 0.0227 bits per heavy atom. The van der Waals surface area contributed by atoms with Crippen LogP contribution in [0.4, 0.5) is 0 Å². The van der Waals surface area contributed by atoms with E-state index < -0.39 is 0 Å². The first-order valence-corrected chi connectivity index (χ1v) is 0. The zero-order valence-electron chi connectivity index (χ0n) is 31.1. The van der Waals surface area contributed by atoms with Crippen LogP contribution < -0.4 is 0 Å². The molecule has 0 aromatic heterocycles. The molecule has 44 heavy (non-hydrogen) atoms. The summed E-state index contributed by atoms with van der Waals surface area (Å²) in [4.78, 5) is 0. The van der Waals surface area contributed by atoms with E-state index in [4.69, 9.17) is 0 Å². The largest absolute Gasteiger partial charge is 0 e. The van der Waals surface area contributed by atoms with Crippen molar-refractivity contribution in [1.82, 2.24) is 0 Å². The fourth-order valence-corrected chi connectivity index (χ4v) is 0. The molecule has 0 unspecified atom stereocenters. The molecule has 0 aliphatic rings. The van der Waals surface area contributed by atoms with Crippen molar-refractivity contribution in [2.24, 2.45) is 0 Å². The summed E-state index contributed by atoms with van der Waals surface area (Å²) >= 11 is 0. The average molecular weight is 11700 g/mol. The molecule has 0 saturated heterocycles. The molecule has 0 bridgehead atoms. The fraction of sp³-hybridized carbons (Fsp3) is 0. The zero-order valence-corrected chi connectivity index (χ0v) is 313. The number of rotatable bonds is 0. The maximum atomic E-state index is 0. The van der Waals surface area contributed by atoms with E-state index in [1.165, 1.54) is 0 Å². The predicted molar refractivity (Wildman–Crippen MR) is 0 cm³/mol. The van der Waals surface area contributed by atoms with Gasteiger partial charge in [0.05, 0.1) is 0 Å². The Bertz CT molecular complexity index is 0. The van der Waals surface area contributed by atoms with E-state index in [1.54, 1.807) is 0 Å². The topological polar surface area (TPSA) is 0 Å². The third-order valence-electron chi connectivity index (χ3n) is 0. The van der Waals surface area contributed by atoms with Gasteiger partial charge < -0.3 is 0 Å². The molecule has 0 spiro atoms. The van der Waals surface area contributed by atoms with E-state index in [-0.39, 0.29) is 0 Å². The van der Waals surface area contributed by atoms with E-state index in [9.17, 15) is 0 Å². The standard InChI is InChI=1S/44Rf. The van der Waals surface area contributed by atoms with Crippen LogP contribution in [-0.4, -0.2) is 0 Å². The molecule has 0 aromatic carbocycles. The van der Waals surface area contributed by atoms with E-state index >= 15 is 0 Å². The van der Waals surface area contributed by atoms with Gasteiger partial charge in [-0.3, -0.25) is 0 Å². The van der Waals surface area contributed by atoms with Gasteiger partial charge in [0, 0.05) is 0 Å². The number of hydrogen-bond acceptors (Lipinski definition) is 0. The first kappa shape index (κ1) is 0. The first-order valence-electron chi connectivity index (χ1n) is 0. The van der Waals surface area contributed by atoms with E-state index in [0.29, 0.717) is 0 Å². The Kier molecular flexibility index (Phi) is 0. The Balaban J connectivity index is 0. The van der Waals surface area contributed by atoms with Gasteiger partial charge in [0.25, 0.3) is 0 Å². The predicted octanol–water partition coefficient (Wildman–Crippen LogP) is 0. The van der Waals surface area contributed by atoms with Crippen LogP contribution in [0.15, 0.2) is 0 Å². The van der Waals surface area contributed by atoms with Crippen LogP contribution in [0, 0.1) is 0 Å². The van der Waals surface area contributed by atoms with Crippen molar-refractivity contribution < 1.29 is 0 Å². The molecule has 0 rings (SSSR count). The van der Waals surface area contributed by atoms with Gasteiger partial charge in [-0.05, 0) is 0 Å². The maximum Gasteiger partial charge on any atom is 0 e. The smallest absolute Gasteiger partial charge is 0 e. The molecule has 0 aliphatic carbocycles. The number of hydrogen-bond donors (Lipinski definition) is 0. The quantitative estimate of drug-likeness (QED) is 0.321. The van der Waals surface area contributed by atoms with Crippen molar-refractivity contribution in [3.05, 3.63) is 0 Å². The average Bonchev–Trinajstić information content (AvgIpc) is 0. The Hall–Kier alpha value is -44.0. The SMILES string of the molecule is [Rf].[Rf].[Rf].[Rf].[Rf].[Rf].[Rf].[Rf].[Rf].[Rf].[Rf].[Rf].[Rf].[Rf].[Rf].[Rf].[Rf].[Rf].[Rf].[Rf].[Rf].[Rf].[Rf].[Rf].[Rf].[Rf].[Rf].[Rf].[Rf].[Rf].[Rf].[Rf].[Rf].[Rf].[Rf].[Rf].[Rf].[Rf].[Rf].[Rf].[Rf].[Rf].[Rf].[Rf]. The molecule has 0 aliphatic heterocycles. The second-order valence-corrected chi connectivity index (χ2v) is 0. The van der Waals surface area contributed by atoms with Crippen LogP contribution in [-0.2, 0) is 0 Å². The Morgan fingerprint density at radius 1 is 0.0227 bits per heavy atom. The second kappa shape index (κ2) is -0.00207. The summed E-state index contributed by atoms with van der Waals surface area (Å²) < 4.78 is 0. The molecule has 0 N–H and O–H groups in total. The van der Waals surface area contributed by atoms with Crippen LogP contribution in [0.5, 0.6) is 0 Å². The summed E-state index contributed by atoms with van der Waals surface area (Å²) in [6.07, 6.45) is 0. The molecule has 0 radical (unpaired) electrons. The van der Waals surface area contributed by atoms with Crippen molar-refractivity contribution in [1.29, 1.82) is 0 Å². The van der Waals surface area contributed by atoms with Gasteiger partial charge in [-0.15, -0.1) is 0 Å². The van der Waals surface area contributed by atoms with Crippen LogP contribution in [0.1, 0.15) is 0 Å². The van der Waals surface area contributed by atoms with E-state index in [1.807, 2.05) is 0 Å². The molecule has 88 valence electrons. The van der Waals surface area contributed by atoms with Crippen LogP contribution in [0.3, 0.4) is 0 Å². The molecular weight excluding hydrogens is 11700 g/mol. The molecule has 0 heterocycles. The monoisotopic (exact) mass is 11800 g/mol. The maximum absolute atomic E-state index is 0. The van der Waals surface area contributed by atoms with Crippen LogP contribution >= 0.6 is 0 Å². The molecule has 0 saturated carbocycles. The van der Waals surface area contributed by atoms with E-state index in [0.717, 1.165) is 0 Å². The first-order chi connectivity index (χ1) is 0. The summed E-state index contributed by atoms with van der Waals surface area (Å²) in [5, 5.41) is 0. The second-order valence-electron chi connectivity index (χ2n) is 0. The Morgan fingerprint density at radius 3 is 0.0227 bits per heavy atom. The van der Waals surface area contributed by atoms with Crippen molar-refractivity contribution in [2.75, 3.05) is 0 Å². The fourth-order valence-electron chi connectivity index (χ4n) is 0. The van der Waals surface area contributed by atoms with Gasteiger partial charge in [-0.1, -0.05) is 0 Å².